The molecule has 0 atom stereocenters. The van der Waals surface area contributed by atoms with Crippen LogP contribution in [0.5, 0.6) is 0 Å². The third kappa shape index (κ3) is 7.05. The molecule has 0 unspecified atom stereocenters. The predicted octanol–water partition coefficient (Wildman–Crippen LogP) is 5.22. The lowest BCUT2D eigenvalue weighted by Gasteiger charge is -2.21. The number of aryl methyl sites for hydroxylation is 1. The lowest BCUT2D eigenvalue weighted by molar-refractivity contribution is 0.332. The first-order valence-electron chi connectivity index (χ1n) is 8.32. The fourth-order valence-corrected chi connectivity index (χ4v) is 4.33. The van der Waals surface area contributed by atoms with Crippen molar-refractivity contribution in [3.63, 3.8) is 0 Å². The zero-order chi connectivity index (χ0) is 14.8. The summed E-state index contributed by atoms with van der Waals surface area (Å²) in [6.45, 7) is 0. The SMILES string of the molecule is CSc1ccnc(CCSCCCCC2CCCCC2)n1. The van der Waals surface area contributed by atoms with Crippen molar-refractivity contribution < 1.29 is 0 Å². The van der Waals surface area contributed by atoms with Crippen molar-refractivity contribution in [2.45, 2.75) is 62.8 Å². The molecule has 0 N–H and O–H groups in total. The van der Waals surface area contributed by atoms with Crippen LogP contribution in [0.3, 0.4) is 0 Å². The first-order valence-corrected chi connectivity index (χ1v) is 10.7. The molecule has 1 saturated carbocycles. The number of hydrogen-bond acceptors (Lipinski definition) is 4. The van der Waals surface area contributed by atoms with Gasteiger partial charge in [-0.3, -0.25) is 0 Å². The second-order valence-electron chi connectivity index (χ2n) is 5.88. The number of rotatable bonds is 9. The molecule has 1 heterocycles. The van der Waals surface area contributed by atoms with E-state index in [1.807, 2.05) is 12.3 Å². The Labute approximate surface area is 138 Å². The molecule has 4 heteroatoms. The molecular weight excluding hydrogens is 296 g/mol. The number of thioether (sulfide) groups is 2. The largest absolute Gasteiger partial charge is 0.241 e. The summed E-state index contributed by atoms with van der Waals surface area (Å²) in [5.74, 6) is 4.50. The molecule has 2 rings (SSSR count). The highest BCUT2D eigenvalue weighted by molar-refractivity contribution is 7.99. The smallest absolute Gasteiger partial charge is 0.130 e. The maximum atomic E-state index is 4.52. The summed E-state index contributed by atoms with van der Waals surface area (Å²) in [7, 11) is 0. The highest BCUT2D eigenvalue weighted by Gasteiger charge is 2.12. The van der Waals surface area contributed by atoms with Crippen LogP contribution in [0.4, 0.5) is 0 Å². The Bertz CT molecular complexity index is 392. The van der Waals surface area contributed by atoms with E-state index in [0.717, 1.165) is 28.9 Å². The first-order chi connectivity index (χ1) is 10.4. The highest BCUT2D eigenvalue weighted by atomic mass is 32.2. The molecule has 0 aromatic carbocycles. The topological polar surface area (TPSA) is 25.8 Å². The minimum Gasteiger partial charge on any atom is -0.241 e. The van der Waals surface area contributed by atoms with Crippen LogP contribution in [-0.4, -0.2) is 27.7 Å². The fraction of sp³-hybridized carbons (Fsp3) is 0.765. The molecule has 0 saturated heterocycles. The minimum atomic E-state index is 0.997. The van der Waals surface area contributed by atoms with Crippen LogP contribution in [0.15, 0.2) is 17.3 Å². The van der Waals surface area contributed by atoms with E-state index in [1.54, 1.807) is 11.8 Å². The number of aromatic nitrogens is 2. The van der Waals surface area contributed by atoms with E-state index in [4.69, 9.17) is 0 Å². The lowest BCUT2D eigenvalue weighted by atomic mass is 9.86. The van der Waals surface area contributed by atoms with E-state index < -0.39 is 0 Å². The summed E-state index contributed by atoms with van der Waals surface area (Å²) in [6, 6.07) is 1.98. The van der Waals surface area contributed by atoms with Crippen molar-refractivity contribution >= 4 is 23.5 Å². The van der Waals surface area contributed by atoms with Crippen LogP contribution < -0.4 is 0 Å². The molecule has 1 aromatic heterocycles. The molecule has 0 radical (unpaired) electrons. The molecule has 0 aliphatic heterocycles. The standard InChI is InChI=1S/C17H28N2S2/c1-20-17-10-12-18-16(19-17)11-14-21-13-6-5-9-15-7-3-2-4-8-15/h10,12,15H,2-9,11,13-14H2,1H3. The highest BCUT2D eigenvalue weighted by Crippen LogP contribution is 2.27. The lowest BCUT2D eigenvalue weighted by Crippen LogP contribution is -2.06. The Morgan fingerprint density at radius 1 is 1.14 bits per heavy atom. The van der Waals surface area contributed by atoms with E-state index in [-0.39, 0.29) is 0 Å². The average molecular weight is 325 g/mol. The summed E-state index contributed by atoms with van der Waals surface area (Å²) in [6.07, 6.45) is 16.7. The van der Waals surface area contributed by atoms with Gasteiger partial charge in [0.25, 0.3) is 0 Å². The summed E-state index contributed by atoms with van der Waals surface area (Å²) in [5, 5.41) is 1.08. The third-order valence-electron chi connectivity index (χ3n) is 4.23. The summed E-state index contributed by atoms with van der Waals surface area (Å²) < 4.78 is 0. The number of unbranched alkanes of at least 4 members (excludes halogenated alkanes) is 1. The van der Waals surface area contributed by atoms with Gasteiger partial charge in [0.05, 0.1) is 5.03 Å². The number of hydrogen-bond donors (Lipinski definition) is 0. The minimum absolute atomic E-state index is 0.997. The third-order valence-corrected chi connectivity index (χ3v) is 5.95. The van der Waals surface area contributed by atoms with Crippen molar-refractivity contribution in [1.82, 2.24) is 9.97 Å². The zero-order valence-corrected chi connectivity index (χ0v) is 14.9. The van der Waals surface area contributed by atoms with Gasteiger partial charge in [0.2, 0.25) is 0 Å². The molecule has 0 spiro atoms. The maximum Gasteiger partial charge on any atom is 0.130 e. The maximum absolute atomic E-state index is 4.52. The Morgan fingerprint density at radius 3 is 2.81 bits per heavy atom. The summed E-state index contributed by atoms with van der Waals surface area (Å²) in [4.78, 5) is 8.87. The monoisotopic (exact) mass is 324 g/mol. The van der Waals surface area contributed by atoms with Crippen molar-refractivity contribution in [3.05, 3.63) is 18.1 Å². The van der Waals surface area contributed by atoms with E-state index in [1.165, 1.54) is 57.1 Å². The zero-order valence-electron chi connectivity index (χ0n) is 13.2. The predicted molar refractivity (Wildman–Crippen MR) is 95.3 cm³/mol. The van der Waals surface area contributed by atoms with Crippen LogP contribution in [-0.2, 0) is 6.42 Å². The second kappa shape index (κ2) is 10.5. The molecule has 1 aliphatic carbocycles. The summed E-state index contributed by atoms with van der Waals surface area (Å²) >= 11 is 3.75. The van der Waals surface area contributed by atoms with Gasteiger partial charge in [-0.15, -0.1) is 11.8 Å². The molecule has 2 nitrogen and oxygen atoms in total. The average Bonchev–Trinajstić information content (AvgIpc) is 2.55. The van der Waals surface area contributed by atoms with Crippen LogP contribution in [0, 0.1) is 5.92 Å². The Balaban J connectivity index is 1.47. The van der Waals surface area contributed by atoms with Gasteiger partial charge in [-0.2, -0.15) is 11.8 Å². The van der Waals surface area contributed by atoms with Gasteiger partial charge in [0, 0.05) is 18.4 Å². The summed E-state index contributed by atoms with van der Waals surface area (Å²) in [5.41, 5.74) is 0. The van der Waals surface area contributed by atoms with E-state index in [0.29, 0.717) is 0 Å². The Hall–Kier alpha value is -0.220. The molecule has 1 fully saturated rings. The molecular formula is C17H28N2S2. The van der Waals surface area contributed by atoms with Gasteiger partial charge in [-0.05, 0) is 30.4 Å². The quantitative estimate of drug-likeness (QED) is 0.353. The molecule has 21 heavy (non-hydrogen) atoms. The van der Waals surface area contributed by atoms with Gasteiger partial charge in [-0.1, -0.05) is 44.9 Å². The van der Waals surface area contributed by atoms with Gasteiger partial charge in [0.15, 0.2) is 0 Å². The van der Waals surface area contributed by atoms with Crippen LogP contribution in [0.2, 0.25) is 0 Å². The fourth-order valence-electron chi connectivity index (χ4n) is 2.99. The molecule has 118 valence electrons. The van der Waals surface area contributed by atoms with Crippen molar-refractivity contribution in [3.8, 4) is 0 Å². The van der Waals surface area contributed by atoms with Crippen LogP contribution >= 0.6 is 23.5 Å². The van der Waals surface area contributed by atoms with Crippen molar-refractivity contribution in [2.75, 3.05) is 17.8 Å². The Morgan fingerprint density at radius 2 is 2.00 bits per heavy atom. The molecule has 1 aliphatic rings. The molecule has 0 amide bonds. The van der Waals surface area contributed by atoms with Gasteiger partial charge in [0.1, 0.15) is 5.82 Å². The van der Waals surface area contributed by atoms with Gasteiger partial charge >= 0.3 is 0 Å². The van der Waals surface area contributed by atoms with Crippen molar-refractivity contribution in [1.29, 1.82) is 0 Å². The van der Waals surface area contributed by atoms with Crippen LogP contribution in [0.25, 0.3) is 0 Å². The number of nitrogens with zero attached hydrogens (tertiary/aromatic N) is 2. The van der Waals surface area contributed by atoms with Crippen LogP contribution in [0.1, 0.15) is 57.2 Å². The first kappa shape index (κ1) is 17.1. The second-order valence-corrected chi connectivity index (χ2v) is 7.93. The van der Waals surface area contributed by atoms with E-state index in [9.17, 15) is 0 Å². The molecule has 0 bridgehead atoms. The molecule has 1 aromatic rings. The van der Waals surface area contributed by atoms with E-state index >= 15 is 0 Å². The van der Waals surface area contributed by atoms with E-state index in [2.05, 4.69) is 28.0 Å². The Kier molecular flexibility index (Phi) is 8.57. The normalized spacial score (nSPS) is 16.2. The van der Waals surface area contributed by atoms with Gasteiger partial charge < -0.3 is 0 Å². The van der Waals surface area contributed by atoms with Gasteiger partial charge in [-0.25, -0.2) is 9.97 Å². The van der Waals surface area contributed by atoms with Crippen molar-refractivity contribution in [2.24, 2.45) is 5.92 Å².